The van der Waals surface area contributed by atoms with Gasteiger partial charge in [0.2, 0.25) is 11.8 Å². The highest BCUT2D eigenvalue weighted by Crippen LogP contribution is 2.19. The van der Waals surface area contributed by atoms with Crippen LogP contribution in [0.3, 0.4) is 0 Å². The third-order valence-corrected chi connectivity index (χ3v) is 5.22. The van der Waals surface area contributed by atoms with Crippen LogP contribution in [0, 0.1) is 0 Å². The van der Waals surface area contributed by atoms with Crippen molar-refractivity contribution in [2.24, 2.45) is 0 Å². The van der Waals surface area contributed by atoms with Crippen molar-refractivity contribution >= 4 is 28.8 Å². The Hall–Kier alpha value is -2.94. The summed E-state index contributed by atoms with van der Waals surface area (Å²) in [6.45, 7) is 2.30. The molecule has 9 nitrogen and oxygen atoms in total. The molecule has 0 bridgehead atoms. The van der Waals surface area contributed by atoms with Gasteiger partial charge in [0, 0.05) is 38.6 Å². The van der Waals surface area contributed by atoms with E-state index in [1.807, 2.05) is 29.2 Å². The second-order valence-electron chi connectivity index (χ2n) is 6.84. The molecule has 0 radical (unpaired) electrons. The van der Waals surface area contributed by atoms with Gasteiger partial charge in [-0.15, -0.1) is 0 Å². The molecule has 142 valence electrons. The number of fused-ring (bicyclic) bond motifs is 1. The van der Waals surface area contributed by atoms with E-state index in [9.17, 15) is 14.4 Å². The molecule has 9 heteroatoms. The number of hydrogen-bond acceptors (Lipinski definition) is 6. The summed E-state index contributed by atoms with van der Waals surface area (Å²) >= 11 is 0. The monoisotopic (exact) mass is 371 g/mol. The predicted octanol–water partition coefficient (Wildman–Crippen LogP) is 0.412. The van der Waals surface area contributed by atoms with Gasteiger partial charge in [0.05, 0.1) is 19.0 Å². The molecule has 2 aliphatic rings. The Labute approximate surface area is 155 Å². The Balaban J connectivity index is 1.34. The van der Waals surface area contributed by atoms with Gasteiger partial charge in [-0.05, 0) is 12.1 Å². The van der Waals surface area contributed by atoms with Crippen LogP contribution in [0.1, 0.15) is 12.1 Å². The first-order valence-corrected chi connectivity index (χ1v) is 8.95. The largest absolute Gasteiger partial charge is 0.356 e. The van der Waals surface area contributed by atoms with E-state index in [2.05, 4.69) is 10.5 Å². The van der Waals surface area contributed by atoms with Crippen LogP contribution < -0.4 is 5.32 Å². The number of aromatic nitrogens is 1. The molecule has 0 saturated carbocycles. The van der Waals surface area contributed by atoms with Gasteiger partial charge in [0.15, 0.2) is 5.58 Å². The number of imide groups is 1. The molecule has 2 fully saturated rings. The van der Waals surface area contributed by atoms with Gasteiger partial charge < -0.3 is 14.7 Å². The maximum absolute atomic E-state index is 12.6. The highest BCUT2D eigenvalue weighted by Gasteiger charge is 2.34. The van der Waals surface area contributed by atoms with E-state index in [-0.39, 0.29) is 36.9 Å². The fraction of sp³-hybridized carbons (Fsp3) is 0.444. The van der Waals surface area contributed by atoms with Gasteiger partial charge in [-0.1, -0.05) is 17.3 Å². The zero-order valence-corrected chi connectivity index (χ0v) is 15.1. The van der Waals surface area contributed by atoms with Crippen molar-refractivity contribution in [3.8, 4) is 0 Å². The van der Waals surface area contributed by atoms with Gasteiger partial charge >= 0.3 is 6.03 Å². The lowest BCUT2D eigenvalue weighted by Gasteiger charge is -2.41. The molecule has 3 heterocycles. The molecule has 2 aromatic rings. The maximum Gasteiger partial charge on any atom is 0.325 e. The molecule has 27 heavy (non-hydrogen) atoms. The Morgan fingerprint density at radius 2 is 1.96 bits per heavy atom. The fourth-order valence-electron chi connectivity index (χ4n) is 3.53. The number of urea groups is 1. The molecule has 1 N–H and O–H groups in total. The number of carbonyl (C=O) groups excluding carboxylic acids is 3. The van der Waals surface area contributed by atoms with Gasteiger partial charge in [-0.25, -0.2) is 4.79 Å². The smallest absolute Gasteiger partial charge is 0.325 e. The normalized spacial score (nSPS) is 21.6. The third-order valence-electron chi connectivity index (χ3n) is 5.22. The predicted molar refractivity (Wildman–Crippen MR) is 95.6 cm³/mol. The number of benzene rings is 1. The summed E-state index contributed by atoms with van der Waals surface area (Å²) < 4.78 is 5.26. The third kappa shape index (κ3) is 3.37. The Bertz CT molecular complexity index is 869. The molecule has 2 saturated heterocycles. The van der Waals surface area contributed by atoms with Crippen LogP contribution in [0.15, 0.2) is 28.8 Å². The second kappa shape index (κ2) is 6.99. The minimum Gasteiger partial charge on any atom is -0.356 e. The first-order valence-electron chi connectivity index (χ1n) is 8.95. The van der Waals surface area contributed by atoms with Crippen LogP contribution in [0.5, 0.6) is 0 Å². The van der Waals surface area contributed by atoms with Crippen LogP contribution in [-0.4, -0.2) is 77.1 Å². The van der Waals surface area contributed by atoms with Crippen molar-refractivity contribution in [2.75, 3.05) is 33.2 Å². The summed E-state index contributed by atoms with van der Waals surface area (Å²) in [4.78, 5) is 41.2. The summed E-state index contributed by atoms with van der Waals surface area (Å²) in [5.74, 6) is -0.197. The van der Waals surface area contributed by atoms with Gasteiger partial charge in [-0.3, -0.25) is 19.4 Å². The van der Waals surface area contributed by atoms with Gasteiger partial charge in [-0.2, -0.15) is 0 Å². The Morgan fingerprint density at radius 3 is 2.70 bits per heavy atom. The van der Waals surface area contributed by atoms with Crippen molar-refractivity contribution < 1.29 is 18.9 Å². The van der Waals surface area contributed by atoms with E-state index in [0.29, 0.717) is 37.5 Å². The van der Waals surface area contributed by atoms with E-state index in [1.165, 1.54) is 7.05 Å². The number of nitrogens with zero attached hydrogens (tertiary/aromatic N) is 4. The van der Waals surface area contributed by atoms with Gasteiger partial charge in [0.1, 0.15) is 5.69 Å². The molecule has 0 spiro atoms. The summed E-state index contributed by atoms with van der Waals surface area (Å²) in [7, 11) is 1.47. The molecule has 1 aromatic carbocycles. The fourth-order valence-corrected chi connectivity index (χ4v) is 3.53. The highest BCUT2D eigenvalue weighted by molar-refractivity contribution is 5.96. The number of rotatable bonds is 3. The minimum atomic E-state index is -0.382. The van der Waals surface area contributed by atoms with Gasteiger partial charge in [0.25, 0.3) is 0 Å². The molecular formula is C18H21N5O4. The van der Waals surface area contributed by atoms with E-state index < -0.39 is 0 Å². The lowest BCUT2D eigenvalue weighted by Crippen LogP contribution is -2.62. The number of piperazine rings is 1. The Morgan fingerprint density at radius 1 is 1.22 bits per heavy atom. The van der Waals surface area contributed by atoms with Crippen LogP contribution in [0.25, 0.3) is 11.0 Å². The topological polar surface area (TPSA) is 99.0 Å². The molecule has 1 unspecified atom stereocenters. The molecule has 0 aliphatic carbocycles. The van der Waals surface area contributed by atoms with E-state index >= 15 is 0 Å². The number of hydrogen-bond donors (Lipinski definition) is 1. The van der Waals surface area contributed by atoms with E-state index in [1.54, 1.807) is 4.90 Å². The Kier molecular flexibility index (Phi) is 4.53. The molecule has 1 atom stereocenters. The summed E-state index contributed by atoms with van der Waals surface area (Å²) in [5.41, 5.74) is 1.32. The van der Waals surface area contributed by atoms with Crippen molar-refractivity contribution in [2.45, 2.75) is 19.0 Å². The molecule has 1 aromatic heterocycles. The first-order chi connectivity index (χ1) is 13.0. The van der Waals surface area contributed by atoms with E-state index in [4.69, 9.17) is 4.52 Å². The van der Waals surface area contributed by atoms with Crippen LogP contribution in [-0.2, 0) is 16.0 Å². The number of para-hydroxylation sites is 1. The molecule has 4 rings (SSSR count). The molecule has 2 aliphatic heterocycles. The standard InChI is InChI=1S/C18H21N5O4/c1-21-16(24)11-15(19-18(21)26)22-6-8-23(9-7-22)17(25)10-13-12-4-2-3-5-14(12)27-20-13/h2-5,15H,6-11H2,1H3,(H,19,26). The number of carbonyl (C=O) groups is 3. The summed E-state index contributed by atoms with van der Waals surface area (Å²) in [6, 6.07) is 7.10. The zero-order valence-electron chi connectivity index (χ0n) is 15.1. The number of amides is 4. The lowest BCUT2D eigenvalue weighted by atomic mass is 10.1. The van der Waals surface area contributed by atoms with Crippen LogP contribution in [0.2, 0.25) is 0 Å². The zero-order chi connectivity index (χ0) is 19.0. The SMILES string of the molecule is CN1C(=O)CC(N2CCN(C(=O)Cc3noc4ccccc34)CC2)NC1=O. The van der Waals surface area contributed by atoms with Crippen molar-refractivity contribution in [3.05, 3.63) is 30.0 Å². The highest BCUT2D eigenvalue weighted by atomic mass is 16.5. The lowest BCUT2D eigenvalue weighted by molar-refractivity contribution is -0.135. The average molecular weight is 371 g/mol. The summed E-state index contributed by atoms with van der Waals surface area (Å²) in [6.07, 6.45) is 0.139. The second-order valence-corrected chi connectivity index (χ2v) is 6.84. The summed E-state index contributed by atoms with van der Waals surface area (Å²) in [5, 5.41) is 7.71. The van der Waals surface area contributed by atoms with Crippen LogP contribution in [0.4, 0.5) is 4.79 Å². The van der Waals surface area contributed by atoms with Crippen LogP contribution >= 0.6 is 0 Å². The molecule has 4 amide bonds. The van der Waals surface area contributed by atoms with Crippen molar-refractivity contribution in [1.29, 1.82) is 0 Å². The molecular weight excluding hydrogens is 350 g/mol. The first kappa shape index (κ1) is 17.5. The average Bonchev–Trinajstić information content (AvgIpc) is 3.09. The van der Waals surface area contributed by atoms with Crippen molar-refractivity contribution in [3.63, 3.8) is 0 Å². The maximum atomic E-state index is 12.6. The number of nitrogens with one attached hydrogen (secondary N) is 1. The minimum absolute atomic E-state index is 0.00260. The van der Waals surface area contributed by atoms with Crippen molar-refractivity contribution in [1.82, 2.24) is 25.2 Å². The quantitative estimate of drug-likeness (QED) is 0.839. The van der Waals surface area contributed by atoms with E-state index in [0.717, 1.165) is 10.3 Å².